The Kier molecular flexibility index (Phi) is 5.49. The van der Waals surface area contributed by atoms with Gasteiger partial charge in [0.2, 0.25) is 0 Å². The molecule has 9 aromatic rings. The van der Waals surface area contributed by atoms with Gasteiger partial charge in [-0.2, -0.15) is 0 Å². The zero-order chi connectivity index (χ0) is 34.0. The van der Waals surface area contributed by atoms with Crippen LogP contribution in [-0.2, 0) is 5.41 Å². The van der Waals surface area contributed by atoms with Crippen LogP contribution in [0.1, 0.15) is 22.3 Å². The standard InChI is InChI=1S/C51H31N/c1-3-13-34-29-36(24-23-32(34)11-1)39-15-6-8-22-48(39)52(37-26-25-33-12-2-4-14-35(33)30-37)38-27-28-41-43-18-10-20-45-44-19-9-17-42-40-16-5-7-21-46(40)51(49(42)44,50(43)45)47(41)31-38/h1-31H. The van der Waals surface area contributed by atoms with Crippen molar-refractivity contribution in [1.29, 1.82) is 0 Å². The first-order chi connectivity index (χ1) is 25.8. The molecular weight excluding hydrogens is 627 g/mol. The summed E-state index contributed by atoms with van der Waals surface area (Å²) in [5.74, 6) is 0. The van der Waals surface area contributed by atoms with Gasteiger partial charge in [-0.15, -0.1) is 0 Å². The summed E-state index contributed by atoms with van der Waals surface area (Å²) >= 11 is 0. The maximum absolute atomic E-state index is 2.51. The number of rotatable bonds is 4. The Balaban J connectivity index is 1.14. The van der Waals surface area contributed by atoms with E-state index < -0.39 is 0 Å². The molecule has 0 aromatic heterocycles. The van der Waals surface area contributed by atoms with Crippen LogP contribution in [0, 0.1) is 0 Å². The number of fused-ring (bicyclic) bond motifs is 7. The van der Waals surface area contributed by atoms with Gasteiger partial charge < -0.3 is 4.90 Å². The fraction of sp³-hybridized carbons (Fsp3) is 0.0196. The van der Waals surface area contributed by atoms with Crippen molar-refractivity contribution in [2.45, 2.75) is 5.41 Å². The summed E-state index contributed by atoms with van der Waals surface area (Å²) in [5.41, 5.74) is 19.3. The fourth-order valence-electron chi connectivity index (χ4n) is 9.89. The van der Waals surface area contributed by atoms with E-state index in [4.69, 9.17) is 0 Å². The van der Waals surface area contributed by atoms with Crippen molar-refractivity contribution in [1.82, 2.24) is 0 Å². The van der Waals surface area contributed by atoms with Crippen LogP contribution in [-0.4, -0.2) is 0 Å². The molecule has 3 aliphatic rings. The minimum absolute atomic E-state index is 0.341. The highest BCUT2D eigenvalue weighted by Crippen LogP contribution is 2.70. The third kappa shape index (κ3) is 3.52. The van der Waals surface area contributed by atoms with Gasteiger partial charge in [0.1, 0.15) is 0 Å². The monoisotopic (exact) mass is 657 g/mol. The molecule has 0 heterocycles. The molecule has 1 atom stereocenters. The largest absolute Gasteiger partial charge is 0.310 e. The normalized spacial score (nSPS) is 15.4. The lowest BCUT2D eigenvalue weighted by Crippen LogP contribution is -2.23. The number of anilines is 3. The van der Waals surface area contributed by atoms with Crippen molar-refractivity contribution in [2.24, 2.45) is 0 Å². The van der Waals surface area contributed by atoms with Gasteiger partial charge in [-0.25, -0.2) is 0 Å². The van der Waals surface area contributed by atoms with Gasteiger partial charge in [-0.3, -0.25) is 0 Å². The van der Waals surface area contributed by atoms with Crippen LogP contribution < -0.4 is 4.90 Å². The molecule has 0 N–H and O–H groups in total. The van der Waals surface area contributed by atoms with Gasteiger partial charge in [0, 0.05) is 16.9 Å². The molecule has 0 bridgehead atoms. The highest BCUT2D eigenvalue weighted by Gasteiger charge is 2.57. The van der Waals surface area contributed by atoms with Crippen LogP contribution in [0.4, 0.5) is 17.1 Å². The maximum atomic E-state index is 2.51. The number of nitrogens with zero attached hydrogens (tertiary/aromatic N) is 1. The predicted molar refractivity (Wildman–Crippen MR) is 217 cm³/mol. The van der Waals surface area contributed by atoms with Gasteiger partial charge in [-0.05, 0) is 119 Å². The SMILES string of the molecule is c1ccc(N(c2ccc3c(c2)C24c5ccccc5-c5cccc(c52)-c2cccc-3c24)c2ccc3ccccc3c2)c(-c2ccc3ccccc3c2)c1. The van der Waals surface area contributed by atoms with E-state index in [1.165, 1.54) is 88.3 Å². The molecular formula is C51H31N. The zero-order valence-corrected chi connectivity index (χ0v) is 28.3. The number of hydrogen-bond donors (Lipinski definition) is 0. The third-order valence-electron chi connectivity index (χ3n) is 11.9. The molecule has 0 fully saturated rings. The van der Waals surface area contributed by atoms with Crippen LogP contribution in [0.25, 0.3) is 66.1 Å². The summed E-state index contributed by atoms with van der Waals surface area (Å²) in [7, 11) is 0. The Morgan fingerprint density at radius 2 is 0.808 bits per heavy atom. The first-order valence-electron chi connectivity index (χ1n) is 18.2. The molecule has 0 radical (unpaired) electrons. The van der Waals surface area contributed by atoms with Crippen molar-refractivity contribution in [3.05, 3.63) is 210 Å². The molecule has 52 heavy (non-hydrogen) atoms. The molecule has 1 nitrogen and oxygen atoms in total. The average molecular weight is 658 g/mol. The fourth-order valence-corrected chi connectivity index (χ4v) is 9.89. The van der Waals surface area contributed by atoms with E-state index in [1.54, 1.807) is 0 Å². The second-order valence-electron chi connectivity index (χ2n) is 14.4. The number of para-hydroxylation sites is 1. The molecule has 3 aliphatic carbocycles. The second kappa shape index (κ2) is 10.2. The van der Waals surface area contributed by atoms with Gasteiger partial charge in [0.15, 0.2) is 0 Å². The quantitative estimate of drug-likeness (QED) is 0.182. The molecule has 0 amide bonds. The van der Waals surface area contributed by atoms with Crippen LogP contribution in [0.5, 0.6) is 0 Å². The minimum atomic E-state index is -0.341. The Morgan fingerprint density at radius 1 is 0.308 bits per heavy atom. The summed E-state index contributed by atoms with van der Waals surface area (Å²) in [5, 5.41) is 4.96. The van der Waals surface area contributed by atoms with Crippen molar-refractivity contribution < 1.29 is 0 Å². The lowest BCUT2D eigenvalue weighted by molar-refractivity contribution is 0.818. The average Bonchev–Trinajstić information content (AvgIpc) is 3.80. The smallest absolute Gasteiger partial charge is 0.0738 e. The van der Waals surface area contributed by atoms with E-state index in [1.807, 2.05) is 0 Å². The summed E-state index contributed by atoms with van der Waals surface area (Å²) in [6, 6.07) is 70.2. The van der Waals surface area contributed by atoms with Gasteiger partial charge in [0.05, 0.1) is 11.1 Å². The highest BCUT2D eigenvalue weighted by molar-refractivity contribution is 6.07. The molecule has 1 heteroatoms. The molecule has 0 saturated carbocycles. The van der Waals surface area contributed by atoms with Gasteiger partial charge >= 0.3 is 0 Å². The lowest BCUT2D eigenvalue weighted by Gasteiger charge is -2.31. The Morgan fingerprint density at radius 3 is 1.54 bits per heavy atom. The van der Waals surface area contributed by atoms with E-state index in [9.17, 15) is 0 Å². The molecule has 0 aliphatic heterocycles. The summed E-state index contributed by atoms with van der Waals surface area (Å²) in [6.45, 7) is 0. The molecule has 0 saturated heterocycles. The third-order valence-corrected chi connectivity index (χ3v) is 11.9. The van der Waals surface area contributed by atoms with E-state index >= 15 is 0 Å². The first-order valence-corrected chi connectivity index (χ1v) is 18.2. The number of benzene rings is 9. The summed E-state index contributed by atoms with van der Waals surface area (Å²) < 4.78 is 0. The van der Waals surface area contributed by atoms with E-state index in [0.29, 0.717) is 0 Å². The van der Waals surface area contributed by atoms with Gasteiger partial charge in [-0.1, -0.05) is 152 Å². The van der Waals surface area contributed by atoms with Crippen molar-refractivity contribution in [3.8, 4) is 44.5 Å². The molecule has 1 spiro atoms. The van der Waals surface area contributed by atoms with Crippen LogP contribution in [0.15, 0.2) is 188 Å². The molecule has 240 valence electrons. The molecule has 1 unspecified atom stereocenters. The lowest BCUT2D eigenvalue weighted by atomic mass is 9.73. The first kappa shape index (κ1) is 28.0. The van der Waals surface area contributed by atoms with Gasteiger partial charge in [0.25, 0.3) is 0 Å². The van der Waals surface area contributed by atoms with E-state index in [-0.39, 0.29) is 5.41 Å². The number of hydrogen-bond acceptors (Lipinski definition) is 1. The predicted octanol–water partition coefficient (Wildman–Crippen LogP) is 13.5. The zero-order valence-electron chi connectivity index (χ0n) is 28.3. The Labute approximate surface area is 302 Å². The summed E-state index contributed by atoms with van der Waals surface area (Å²) in [4.78, 5) is 2.49. The van der Waals surface area contributed by atoms with Crippen LogP contribution in [0.2, 0.25) is 0 Å². The van der Waals surface area contributed by atoms with E-state index in [2.05, 4.69) is 193 Å². The maximum Gasteiger partial charge on any atom is 0.0738 e. The van der Waals surface area contributed by atoms with Crippen LogP contribution in [0.3, 0.4) is 0 Å². The molecule has 12 rings (SSSR count). The highest BCUT2D eigenvalue weighted by atomic mass is 15.1. The van der Waals surface area contributed by atoms with Crippen molar-refractivity contribution in [2.75, 3.05) is 4.90 Å². The Hall–Kier alpha value is -6.70. The summed E-state index contributed by atoms with van der Waals surface area (Å²) in [6.07, 6.45) is 0. The second-order valence-corrected chi connectivity index (χ2v) is 14.4. The van der Waals surface area contributed by atoms with E-state index in [0.717, 1.165) is 17.1 Å². The van der Waals surface area contributed by atoms with Crippen molar-refractivity contribution >= 4 is 38.6 Å². The molecule has 9 aromatic carbocycles. The van der Waals surface area contributed by atoms with Crippen LogP contribution >= 0.6 is 0 Å². The van der Waals surface area contributed by atoms with Crippen molar-refractivity contribution in [3.63, 3.8) is 0 Å². The minimum Gasteiger partial charge on any atom is -0.310 e. The Bertz CT molecular complexity index is 2950. The topological polar surface area (TPSA) is 3.24 Å².